The number of aromatic nitrogens is 2. The number of para-hydroxylation sites is 1. The zero-order valence-corrected chi connectivity index (χ0v) is 13.6. The molecule has 0 saturated heterocycles. The van der Waals surface area contributed by atoms with E-state index in [1.165, 1.54) is 0 Å². The first-order valence-electron chi connectivity index (χ1n) is 8.01. The molecule has 122 valence electrons. The quantitative estimate of drug-likeness (QED) is 0.792. The van der Waals surface area contributed by atoms with Gasteiger partial charge in [-0.2, -0.15) is 0 Å². The first-order chi connectivity index (χ1) is 11.0. The van der Waals surface area contributed by atoms with Crippen molar-refractivity contribution in [1.82, 2.24) is 14.9 Å². The maximum absolute atomic E-state index is 12.5. The summed E-state index contributed by atoms with van der Waals surface area (Å²) < 4.78 is 0. The highest BCUT2D eigenvalue weighted by atomic mass is 16.2. The van der Waals surface area contributed by atoms with Crippen LogP contribution in [0.5, 0.6) is 0 Å². The number of rotatable bonds is 6. The van der Waals surface area contributed by atoms with Crippen LogP contribution in [0.2, 0.25) is 0 Å². The molecule has 1 aliphatic rings. The lowest BCUT2D eigenvalue weighted by molar-refractivity contribution is -0.142. The molecule has 3 N–H and O–H groups in total. The summed E-state index contributed by atoms with van der Waals surface area (Å²) in [6.45, 7) is 5.03. The SMILES string of the molecule is CCN(CCc1nc2c(C)cccc2[nH]1)C(=O)C1(C(N)=O)CC1. The van der Waals surface area contributed by atoms with Gasteiger partial charge in [0.2, 0.25) is 11.8 Å². The lowest BCUT2D eigenvalue weighted by Crippen LogP contribution is -2.44. The predicted octanol–water partition coefficient (Wildman–Crippen LogP) is 1.53. The van der Waals surface area contributed by atoms with E-state index in [-0.39, 0.29) is 5.91 Å². The van der Waals surface area contributed by atoms with E-state index in [1.54, 1.807) is 4.90 Å². The molecule has 0 bridgehead atoms. The van der Waals surface area contributed by atoms with Crippen LogP contribution < -0.4 is 5.73 Å². The Hall–Kier alpha value is -2.37. The Morgan fingerprint density at radius 1 is 1.39 bits per heavy atom. The molecule has 2 aromatic rings. The molecule has 1 aliphatic carbocycles. The lowest BCUT2D eigenvalue weighted by atomic mass is 10.0. The number of carbonyl (C=O) groups excluding carboxylic acids is 2. The van der Waals surface area contributed by atoms with Crippen LogP contribution in [0, 0.1) is 12.3 Å². The van der Waals surface area contributed by atoms with Gasteiger partial charge in [-0.05, 0) is 38.3 Å². The number of primary amides is 1. The number of hydrogen-bond acceptors (Lipinski definition) is 3. The fraction of sp³-hybridized carbons (Fsp3) is 0.471. The highest BCUT2D eigenvalue weighted by molar-refractivity contribution is 6.07. The van der Waals surface area contributed by atoms with Crippen LogP contribution in [0.4, 0.5) is 0 Å². The molecule has 1 aromatic carbocycles. The van der Waals surface area contributed by atoms with Gasteiger partial charge in [0, 0.05) is 19.5 Å². The number of nitrogens with zero attached hydrogens (tertiary/aromatic N) is 2. The summed E-state index contributed by atoms with van der Waals surface area (Å²) in [5.74, 6) is 0.213. The molecule has 1 fully saturated rings. The van der Waals surface area contributed by atoms with Crippen molar-refractivity contribution >= 4 is 22.8 Å². The van der Waals surface area contributed by atoms with Crippen LogP contribution in [0.1, 0.15) is 31.2 Å². The number of aromatic amines is 1. The summed E-state index contributed by atoms with van der Waals surface area (Å²) in [7, 11) is 0. The molecule has 6 nitrogen and oxygen atoms in total. The second-order valence-electron chi connectivity index (χ2n) is 6.24. The maximum Gasteiger partial charge on any atom is 0.238 e. The van der Waals surface area contributed by atoms with Gasteiger partial charge < -0.3 is 15.6 Å². The number of fused-ring (bicyclic) bond motifs is 1. The molecular formula is C17H22N4O2. The Kier molecular flexibility index (Phi) is 3.83. The molecule has 1 heterocycles. The smallest absolute Gasteiger partial charge is 0.238 e. The number of amides is 2. The summed E-state index contributed by atoms with van der Waals surface area (Å²) in [6.07, 6.45) is 1.77. The fourth-order valence-corrected chi connectivity index (χ4v) is 2.98. The maximum atomic E-state index is 12.5. The highest BCUT2D eigenvalue weighted by Crippen LogP contribution is 2.46. The fourth-order valence-electron chi connectivity index (χ4n) is 2.98. The topological polar surface area (TPSA) is 92.1 Å². The van der Waals surface area contributed by atoms with Crippen LogP contribution in [0.15, 0.2) is 18.2 Å². The zero-order chi connectivity index (χ0) is 16.6. The van der Waals surface area contributed by atoms with Crippen molar-refractivity contribution in [3.05, 3.63) is 29.6 Å². The molecule has 2 amide bonds. The molecule has 0 atom stereocenters. The Morgan fingerprint density at radius 2 is 2.13 bits per heavy atom. The van der Waals surface area contributed by atoms with Gasteiger partial charge in [0.25, 0.3) is 0 Å². The van der Waals surface area contributed by atoms with Gasteiger partial charge in [0.1, 0.15) is 11.2 Å². The first kappa shape index (κ1) is 15.5. The number of aryl methyl sites for hydroxylation is 1. The van der Waals surface area contributed by atoms with Crippen molar-refractivity contribution in [3.8, 4) is 0 Å². The first-order valence-corrected chi connectivity index (χ1v) is 8.01. The Balaban J connectivity index is 1.71. The third-order valence-corrected chi connectivity index (χ3v) is 4.68. The molecule has 6 heteroatoms. The molecule has 0 spiro atoms. The number of benzene rings is 1. The van der Waals surface area contributed by atoms with Gasteiger partial charge in [-0.25, -0.2) is 4.98 Å². The number of hydrogen-bond donors (Lipinski definition) is 2. The van der Waals surface area contributed by atoms with E-state index in [1.807, 2.05) is 32.0 Å². The molecule has 0 unspecified atom stereocenters. The van der Waals surface area contributed by atoms with E-state index >= 15 is 0 Å². The highest BCUT2D eigenvalue weighted by Gasteiger charge is 2.56. The molecular weight excluding hydrogens is 292 g/mol. The Labute approximate surface area is 135 Å². The number of nitrogens with two attached hydrogens (primary N) is 1. The average Bonchev–Trinajstić information content (AvgIpc) is 3.23. The average molecular weight is 314 g/mol. The van der Waals surface area contributed by atoms with Gasteiger partial charge in [0.05, 0.1) is 11.0 Å². The standard InChI is InChI=1S/C17H22N4O2/c1-3-21(16(23)17(8-9-17)15(18)22)10-7-13-19-12-6-4-5-11(2)14(12)20-13/h4-6H,3,7-10H2,1-2H3,(H2,18,22)(H,19,20). The van der Waals surface area contributed by atoms with Gasteiger partial charge >= 0.3 is 0 Å². The van der Waals surface area contributed by atoms with Crippen LogP contribution >= 0.6 is 0 Å². The van der Waals surface area contributed by atoms with Crippen molar-refractivity contribution in [3.63, 3.8) is 0 Å². The number of H-pyrrole nitrogens is 1. The minimum absolute atomic E-state index is 0.139. The molecule has 3 rings (SSSR count). The summed E-state index contributed by atoms with van der Waals surface area (Å²) in [5.41, 5.74) is 7.55. The molecule has 1 aromatic heterocycles. The number of imidazole rings is 1. The minimum atomic E-state index is -0.944. The van der Waals surface area contributed by atoms with E-state index in [4.69, 9.17) is 5.73 Å². The van der Waals surface area contributed by atoms with E-state index in [9.17, 15) is 9.59 Å². The monoisotopic (exact) mass is 314 g/mol. The molecule has 0 aliphatic heterocycles. The third kappa shape index (κ3) is 2.69. The van der Waals surface area contributed by atoms with E-state index in [0.29, 0.717) is 32.4 Å². The van der Waals surface area contributed by atoms with Crippen LogP contribution in [-0.2, 0) is 16.0 Å². The number of likely N-dealkylation sites (N-methyl/N-ethyl adjacent to an activating group) is 1. The van der Waals surface area contributed by atoms with E-state index in [0.717, 1.165) is 22.4 Å². The second kappa shape index (κ2) is 5.68. The van der Waals surface area contributed by atoms with Crippen molar-refractivity contribution in [1.29, 1.82) is 0 Å². The van der Waals surface area contributed by atoms with Crippen molar-refractivity contribution in [2.45, 2.75) is 33.1 Å². The zero-order valence-electron chi connectivity index (χ0n) is 13.6. The Morgan fingerprint density at radius 3 is 2.70 bits per heavy atom. The minimum Gasteiger partial charge on any atom is -0.369 e. The van der Waals surface area contributed by atoms with Crippen molar-refractivity contribution in [2.75, 3.05) is 13.1 Å². The molecule has 0 radical (unpaired) electrons. The summed E-state index contributed by atoms with van der Waals surface area (Å²) in [4.78, 5) is 33.7. The van der Waals surface area contributed by atoms with Crippen LogP contribution in [0.25, 0.3) is 11.0 Å². The van der Waals surface area contributed by atoms with Crippen molar-refractivity contribution < 1.29 is 9.59 Å². The van der Waals surface area contributed by atoms with E-state index < -0.39 is 11.3 Å². The second-order valence-corrected chi connectivity index (χ2v) is 6.24. The van der Waals surface area contributed by atoms with Gasteiger partial charge in [-0.1, -0.05) is 12.1 Å². The molecule has 23 heavy (non-hydrogen) atoms. The summed E-state index contributed by atoms with van der Waals surface area (Å²) in [5, 5.41) is 0. The third-order valence-electron chi connectivity index (χ3n) is 4.68. The van der Waals surface area contributed by atoms with Gasteiger partial charge in [-0.15, -0.1) is 0 Å². The van der Waals surface area contributed by atoms with Crippen LogP contribution in [0.3, 0.4) is 0 Å². The largest absolute Gasteiger partial charge is 0.369 e. The summed E-state index contributed by atoms with van der Waals surface area (Å²) in [6, 6.07) is 6.01. The van der Waals surface area contributed by atoms with Crippen LogP contribution in [-0.4, -0.2) is 39.8 Å². The van der Waals surface area contributed by atoms with E-state index in [2.05, 4.69) is 9.97 Å². The normalized spacial score (nSPS) is 15.6. The Bertz CT molecular complexity index is 761. The predicted molar refractivity (Wildman–Crippen MR) is 87.7 cm³/mol. The van der Waals surface area contributed by atoms with Crippen molar-refractivity contribution in [2.24, 2.45) is 11.1 Å². The van der Waals surface area contributed by atoms with Gasteiger partial charge in [0.15, 0.2) is 0 Å². The summed E-state index contributed by atoms with van der Waals surface area (Å²) >= 11 is 0. The van der Waals surface area contributed by atoms with Gasteiger partial charge in [-0.3, -0.25) is 9.59 Å². The molecule has 1 saturated carbocycles. The lowest BCUT2D eigenvalue weighted by Gasteiger charge is -2.24. The number of carbonyl (C=O) groups is 2. The number of nitrogens with one attached hydrogen (secondary N) is 1.